The monoisotopic (exact) mass is 308 g/mol. The summed E-state index contributed by atoms with van der Waals surface area (Å²) in [6, 6.07) is 16.0. The molecule has 0 bridgehead atoms. The van der Waals surface area contributed by atoms with Crippen LogP contribution in [-0.4, -0.2) is 10.1 Å². The Hall–Kier alpha value is -2.62. The zero-order valence-corrected chi connectivity index (χ0v) is 13.6. The predicted octanol–water partition coefficient (Wildman–Crippen LogP) is 4.75. The maximum Gasteiger partial charge on any atom is 0.229 e. The first-order valence-electron chi connectivity index (χ1n) is 7.75. The summed E-state index contributed by atoms with van der Waals surface area (Å²) < 4.78 is 11.1. The second kappa shape index (κ2) is 6.65. The fourth-order valence-electron chi connectivity index (χ4n) is 2.22. The molecule has 0 aliphatic carbocycles. The Labute approximate surface area is 136 Å². The molecular weight excluding hydrogens is 288 g/mol. The average Bonchev–Trinajstić information content (AvgIpc) is 3.05. The number of benzene rings is 2. The van der Waals surface area contributed by atoms with Gasteiger partial charge in [-0.05, 0) is 42.3 Å². The minimum atomic E-state index is 0.230. The highest BCUT2D eigenvalue weighted by Crippen LogP contribution is 2.22. The molecule has 0 aliphatic rings. The van der Waals surface area contributed by atoms with Gasteiger partial charge in [-0.2, -0.15) is 4.98 Å². The van der Waals surface area contributed by atoms with Crippen molar-refractivity contribution in [1.29, 1.82) is 0 Å². The number of nitrogens with zero attached hydrogens (tertiary/aromatic N) is 2. The van der Waals surface area contributed by atoms with Crippen LogP contribution < -0.4 is 4.74 Å². The van der Waals surface area contributed by atoms with E-state index in [1.54, 1.807) is 0 Å². The van der Waals surface area contributed by atoms with Gasteiger partial charge in [0.15, 0.2) is 0 Å². The average molecular weight is 308 g/mol. The molecule has 0 spiro atoms. The van der Waals surface area contributed by atoms with E-state index in [4.69, 9.17) is 9.26 Å². The van der Waals surface area contributed by atoms with Gasteiger partial charge in [0.25, 0.3) is 0 Å². The highest BCUT2D eigenvalue weighted by Gasteiger charge is 2.11. The summed E-state index contributed by atoms with van der Waals surface area (Å²) in [5, 5.41) is 4.02. The van der Waals surface area contributed by atoms with Crippen molar-refractivity contribution in [3.05, 3.63) is 65.5 Å². The Balaban J connectivity index is 1.68. The standard InChI is InChI=1S/C19H20N2O2/c1-13(2)19-20-18(21-23-19)15-8-10-17(11-9-15)22-12-16-7-5-4-6-14(16)3/h4-11,13H,12H2,1-3H3. The highest BCUT2D eigenvalue weighted by molar-refractivity contribution is 5.55. The Morgan fingerprint density at radius 3 is 2.43 bits per heavy atom. The molecule has 1 aromatic heterocycles. The van der Waals surface area contributed by atoms with Crippen molar-refractivity contribution in [2.75, 3.05) is 0 Å². The van der Waals surface area contributed by atoms with Crippen LogP contribution in [0.1, 0.15) is 36.8 Å². The summed E-state index contributed by atoms with van der Waals surface area (Å²) in [7, 11) is 0. The predicted molar refractivity (Wildman–Crippen MR) is 89.3 cm³/mol. The van der Waals surface area contributed by atoms with Gasteiger partial charge in [0.1, 0.15) is 12.4 Å². The molecule has 0 amide bonds. The molecule has 0 unspecified atom stereocenters. The fourth-order valence-corrected chi connectivity index (χ4v) is 2.22. The van der Waals surface area contributed by atoms with Crippen LogP contribution in [0.3, 0.4) is 0 Å². The second-order valence-corrected chi connectivity index (χ2v) is 5.85. The Morgan fingerprint density at radius 2 is 1.78 bits per heavy atom. The molecule has 3 aromatic rings. The molecule has 0 saturated heterocycles. The number of aromatic nitrogens is 2. The van der Waals surface area contributed by atoms with Crippen molar-refractivity contribution in [3.8, 4) is 17.1 Å². The normalized spacial score (nSPS) is 11.0. The number of aryl methyl sites for hydroxylation is 1. The molecule has 4 nitrogen and oxygen atoms in total. The van der Waals surface area contributed by atoms with E-state index in [0.717, 1.165) is 11.3 Å². The first-order valence-corrected chi connectivity index (χ1v) is 7.75. The molecule has 118 valence electrons. The molecule has 0 atom stereocenters. The van der Waals surface area contributed by atoms with Crippen LogP contribution in [0.5, 0.6) is 5.75 Å². The third-order valence-corrected chi connectivity index (χ3v) is 3.70. The summed E-state index contributed by atoms with van der Waals surface area (Å²) in [6.07, 6.45) is 0. The van der Waals surface area contributed by atoms with Gasteiger partial charge < -0.3 is 9.26 Å². The van der Waals surface area contributed by atoms with E-state index in [1.165, 1.54) is 11.1 Å². The van der Waals surface area contributed by atoms with Crippen molar-refractivity contribution in [2.45, 2.75) is 33.3 Å². The maximum atomic E-state index is 5.84. The van der Waals surface area contributed by atoms with E-state index >= 15 is 0 Å². The van der Waals surface area contributed by atoms with Crippen LogP contribution in [0.4, 0.5) is 0 Å². The third kappa shape index (κ3) is 3.59. The first kappa shape index (κ1) is 15.3. The van der Waals surface area contributed by atoms with Gasteiger partial charge in [-0.3, -0.25) is 0 Å². The molecule has 3 rings (SSSR count). The molecule has 2 aromatic carbocycles. The van der Waals surface area contributed by atoms with Gasteiger partial charge in [-0.25, -0.2) is 0 Å². The van der Waals surface area contributed by atoms with Gasteiger partial charge >= 0.3 is 0 Å². The van der Waals surface area contributed by atoms with Gasteiger partial charge in [-0.15, -0.1) is 0 Å². The third-order valence-electron chi connectivity index (χ3n) is 3.70. The smallest absolute Gasteiger partial charge is 0.229 e. The highest BCUT2D eigenvalue weighted by atomic mass is 16.5. The lowest BCUT2D eigenvalue weighted by Crippen LogP contribution is -1.97. The molecule has 1 heterocycles. The van der Waals surface area contributed by atoms with Crippen molar-refractivity contribution in [3.63, 3.8) is 0 Å². The van der Waals surface area contributed by atoms with E-state index in [0.29, 0.717) is 18.3 Å². The van der Waals surface area contributed by atoms with Crippen LogP contribution in [0.25, 0.3) is 11.4 Å². The zero-order valence-electron chi connectivity index (χ0n) is 13.6. The second-order valence-electron chi connectivity index (χ2n) is 5.85. The number of hydrogen-bond acceptors (Lipinski definition) is 4. The Morgan fingerprint density at radius 1 is 1.04 bits per heavy atom. The molecule has 0 N–H and O–H groups in total. The Bertz CT molecular complexity index is 776. The van der Waals surface area contributed by atoms with Crippen molar-refractivity contribution < 1.29 is 9.26 Å². The van der Waals surface area contributed by atoms with Crippen molar-refractivity contribution >= 4 is 0 Å². The molecule has 0 fully saturated rings. The minimum absolute atomic E-state index is 0.230. The molecule has 0 aliphatic heterocycles. The number of rotatable bonds is 5. The summed E-state index contributed by atoms with van der Waals surface area (Å²) in [5.41, 5.74) is 3.34. The molecule has 4 heteroatoms. The zero-order chi connectivity index (χ0) is 16.2. The van der Waals surface area contributed by atoms with Gasteiger partial charge in [0.2, 0.25) is 11.7 Å². The maximum absolute atomic E-state index is 5.84. The number of hydrogen-bond donors (Lipinski definition) is 0. The van der Waals surface area contributed by atoms with E-state index in [1.807, 2.05) is 50.2 Å². The largest absolute Gasteiger partial charge is 0.489 e. The summed E-state index contributed by atoms with van der Waals surface area (Å²) in [6.45, 7) is 6.70. The van der Waals surface area contributed by atoms with Crippen LogP contribution in [0.2, 0.25) is 0 Å². The SMILES string of the molecule is Cc1ccccc1COc1ccc(-c2noc(C(C)C)n2)cc1. The van der Waals surface area contributed by atoms with E-state index < -0.39 is 0 Å². The minimum Gasteiger partial charge on any atom is -0.489 e. The topological polar surface area (TPSA) is 48.2 Å². The molecular formula is C19H20N2O2. The molecule has 0 radical (unpaired) electrons. The lowest BCUT2D eigenvalue weighted by atomic mass is 10.1. The Kier molecular flexibility index (Phi) is 4.42. The van der Waals surface area contributed by atoms with Crippen molar-refractivity contribution in [2.24, 2.45) is 0 Å². The quantitative estimate of drug-likeness (QED) is 0.682. The van der Waals surface area contributed by atoms with Crippen molar-refractivity contribution in [1.82, 2.24) is 10.1 Å². The van der Waals surface area contributed by atoms with E-state index in [2.05, 4.69) is 29.2 Å². The van der Waals surface area contributed by atoms with Crippen LogP contribution in [0, 0.1) is 6.92 Å². The molecule has 23 heavy (non-hydrogen) atoms. The van der Waals surface area contributed by atoms with E-state index in [-0.39, 0.29) is 5.92 Å². The molecule has 0 saturated carbocycles. The summed E-state index contributed by atoms with van der Waals surface area (Å²) >= 11 is 0. The fraction of sp³-hybridized carbons (Fsp3) is 0.263. The number of ether oxygens (including phenoxy) is 1. The van der Waals surface area contributed by atoms with Gasteiger partial charge in [0.05, 0.1) is 0 Å². The first-order chi connectivity index (χ1) is 11.1. The van der Waals surface area contributed by atoms with Gasteiger partial charge in [0, 0.05) is 11.5 Å². The van der Waals surface area contributed by atoms with Crippen LogP contribution in [-0.2, 0) is 6.61 Å². The lowest BCUT2D eigenvalue weighted by molar-refractivity contribution is 0.305. The van der Waals surface area contributed by atoms with E-state index in [9.17, 15) is 0 Å². The van der Waals surface area contributed by atoms with Crippen LogP contribution in [0.15, 0.2) is 53.1 Å². The summed E-state index contributed by atoms with van der Waals surface area (Å²) in [4.78, 5) is 4.40. The van der Waals surface area contributed by atoms with Gasteiger partial charge in [-0.1, -0.05) is 43.3 Å². The summed E-state index contributed by atoms with van der Waals surface area (Å²) in [5.74, 6) is 2.32. The van der Waals surface area contributed by atoms with Crippen LogP contribution >= 0.6 is 0 Å². The lowest BCUT2D eigenvalue weighted by Gasteiger charge is -2.08.